The minimum atomic E-state index is -0.126. The molecule has 1 aromatic carbocycles. The number of carbonyl (C=O) groups is 1. The zero-order valence-corrected chi connectivity index (χ0v) is 12.5. The number of aliphatic hydroxyl groups is 1. The monoisotopic (exact) mass is 289 g/mol. The van der Waals surface area contributed by atoms with Crippen molar-refractivity contribution >= 4 is 5.91 Å². The van der Waals surface area contributed by atoms with E-state index in [1.807, 2.05) is 18.2 Å². The minimum absolute atomic E-state index is 0.0269. The Labute approximate surface area is 126 Å². The molecule has 0 unspecified atom stereocenters. The van der Waals surface area contributed by atoms with Crippen LogP contribution in [0.25, 0.3) is 0 Å². The van der Waals surface area contributed by atoms with Gasteiger partial charge in [0.2, 0.25) is 0 Å². The first kappa shape index (κ1) is 17.2. The SMILES string of the molecule is CCCOCCCNC(=O)c1ccccc1C#CCCO. The molecule has 1 aromatic rings. The van der Waals surface area contributed by atoms with Gasteiger partial charge in [-0.25, -0.2) is 0 Å². The molecule has 4 heteroatoms. The zero-order chi connectivity index (χ0) is 15.3. The van der Waals surface area contributed by atoms with E-state index in [1.165, 1.54) is 0 Å². The molecule has 4 nitrogen and oxygen atoms in total. The maximum absolute atomic E-state index is 12.1. The smallest absolute Gasteiger partial charge is 0.252 e. The third-order valence-corrected chi connectivity index (χ3v) is 2.73. The van der Waals surface area contributed by atoms with Gasteiger partial charge in [0, 0.05) is 31.7 Å². The Morgan fingerprint density at radius 2 is 2.14 bits per heavy atom. The summed E-state index contributed by atoms with van der Waals surface area (Å²) in [7, 11) is 0. The lowest BCUT2D eigenvalue weighted by Gasteiger charge is -2.07. The van der Waals surface area contributed by atoms with Crippen molar-refractivity contribution in [1.82, 2.24) is 5.32 Å². The lowest BCUT2D eigenvalue weighted by atomic mass is 10.1. The van der Waals surface area contributed by atoms with Crippen molar-refractivity contribution in [2.75, 3.05) is 26.4 Å². The van der Waals surface area contributed by atoms with E-state index >= 15 is 0 Å². The Bertz CT molecular complexity index is 488. The molecule has 1 amide bonds. The van der Waals surface area contributed by atoms with Crippen LogP contribution in [0.1, 0.15) is 42.1 Å². The van der Waals surface area contributed by atoms with Crippen LogP contribution in [0.5, 0.6) is 0 Å². The summed E-state index contributed by atoms with van der Waals surface area (Å²) in [5.74, 6) is 5.63. The van der Waals surface area contributed by atoms with Gasteiger partial charge in [0.15, 0.2) is 0 Å². The molecule has 0 saturated heterocycles. The fourth-order valence-electron chi connectivity index (χ4n) is 1.72. The van der Waals surface area contributed by atoms with Crippen molar-refractivity contribution in [2.45, 2.75) is 26.2 Å². The first-order chi connectivity index (χ1) is 10.3. The molecule has 2 N–H and O–H groups in total. The molecule has 0 aliphatic heterocycles. The van der Waals surface area contributed by atoms with E-state index in [4.69, 9.17) is 9.84 Å². The quantitative estimate of drug-likeness (QED) is 0.568. The number of carbonyl (C=O) groups excluding carboxylic acids is 1. The van der Waals surface area contributed by atoms with Gasteiger partial charge in [-0.15, -0.1) is 0 Å². The van der Waals surface area contributed by atoms with E-state index < -0.39 is 0 Å². The number of nitrogens with one attached hydrogen (secondary N) is 1. The Morgan fingerprint density at radius 3 is 2.90 bits per heavy atom. The topological polar surface area (TPSA) is 58.6 Å². The minimum Gasteiger partial charge on any atom is -0.395 e. The number of benzene rings is 1. The number of ether oxygens (including phenoxy) is 1. The lowest BCUT2D eigenvalue weighted by molar-refractivity contribution is 0.0941. The molecule has 0 atom stereocenters. The molecule has 0 heterocycles. The predicted octanol–water partition coefficient (Wildman–Crippen LogP) is 1.97. The third-order valence-electron chi connectivity index (χ3n) is 2.73. The van der Waals surface area contributed by atoms with Crippen LogP contribution in [-0.4, -0.2) is 37.4 Å². The summed E-state index contributed by atoms with van der Waals surface area (Å²) in [6.07, 6.45) is 2.21. The van der Waals surface area contributed by atoms with E-state index in [0.29, 0.717) is 30.7 Å². The standard InChI is InChI=1S/C17H23NO3/c1-2-13-21-14-7-11-18-17(20)16-10-4-3-8-15(16)9-5-6-12-19/h3-4,8,10,19H,2,6-7,11-14H2,1H3,(H,18,20). The van der Waals surface area contributed by atoms with Crippen LogP contribution in [0.3, 0.4) is 0 Å². The molecule has 0 aromatic heterocycles. The number of rotatable bonds is 8. The van der Waals surface area contributed by atoms with Crippen molar-refractivity contribution < 1.29 is 14.6 Å². The number of hydrogen-bond acceptors (Lipinski definition) is 3. The highest BCUT2D eigenvalue weighted by molar-refractivity contribution is 5.96. The van der Waals surface area contributed by atoms with Gasteiger partial charge >= 0.3 is 0 Å². The average molecular weight is 289 g/mol. The van der Waals surface area contributed by atoms with Crippen LogP contribution in [-0.2, 0) is 4.74 Å². The Kier molecular flexibility index (Phi) is 8.94. The summed E-state index contributed by atoms with van der Waals surface area (Å²) in [5, 5.41) is 11.6. The van der Waals surface area contributed by atoms with Crippen molar-refractivity contribution in [3.8, 4) is 11.8 Å². The van der Waals surface area contributed by atoms with Crippen LogP contribution in [0.4, 0.5) is 0 Å². The lowest BCUT2D eigenvalue weighted by Crippen LogP contribution is -2.26. The van der Waals surface area contributed by atoms with E-state index in [1.54, 1.807) is 6.07 Å². The highest BCUT2D eigenvalue weighted by Gasteiger charge is 2.08. The number of aliphatic hydroxyl groups excluding tert-OH is 1. The first-order valence-corrected chi connectivity index (χ1v) is 7.34. The Hall–Kier alpha value is -1.83. The Morgan fingerprint density at radius 1 is 1.33 bits per heavy atom. The maximum atomic E-state index is 12.1. The van der Waals surface area contributed by atoms with Crippen molar-refractivity contribution in [3.05, 3.63) is 35.4 Å². The van der Waals surface area contributed by atoms with Gasteiger partial charge in [-0.3, -0.25) is 4.79 Å². The predicted molar refractivity (Wildman–Crippen MR) is 83.1 cm³/mol. The fourth-order valence-corrected chi connectivity index (χ4v) is 1.72. The normalized spacial score (nSPS) is 9.81. The summed E-state index contributed by atoms with van der Waals surface area (Å²) < 4.78 is 5.36. The molecular formula is C17H23NO3. The molecule has 1 rings (SSSR count). The van der Waals surface area contributed by atoms with Crippen molar-refractivity contribution in [2.24, 2.45) is 0 Å². The summed E-state index contributed by atoms with van der Waals surface area (Å²) in [6, 6.07) is 7.23. The zero-order valence-electron chi connectivity index (χ0n) is 12.5. The van der Waals surface area contributed by atoms with Gasteiger partial charge in [0.1, 0.15) is 0 Å². The Balaban J connectivity index is 2.48. The number of amides is 1. The van der Waals surface area contributed by atoms with Crippen LogP contribution in [0, 0.1) is 11.8 Å². The molecule has 21 heavy (non-hydrogen) atoms. The summed E-state index contributed by atoms with van der Waals surface area (Å²) in [6.45, 7) is 4.10. The van der Waals surface area contributed by atoms with Gasteiger partial charge in [0.25, 0.3) is 5.91 Å². The molecular weight excluding hydrogens is 266 g/mol. The molecule has 0 bridgehead atoms. The fraction of sp³-hybridized carbons (Fsp3) is 0.471. The molecule has 0 saturated carbocycles. The van der Waals surface area contributed by atoms with Gasteiger partial charge in [0.05, 0.1) is 12.2 Å². The summed E-state index contributed by atoms with van der Waals surface area (Å²) in [4.78, 5) is 12.1. The molecule has 114 valence electrons. The van der Waals surface area contributed by atoms with Gasteiger partial charge in [-0.1, -0.05) is 30.9 Å². The van der Waals surface area contributed by atoms with Gasteiger partial charge in [-0.2, -0.15) is 0 Å². The van der Waals surface area contributed by atoms with E-state index in [0.717, 1.165) is 19.4 Å². The van der Waals surface area contributed by atoms with Gasteiger partial charge in [-0.05, 0) is 25.0 Å². The maximum Gasteiger partial charge on any atom is 0.252 e. The van der Waals surface area contributed by atoms with Gasteiger partial charge < -0.3 is 15.2 Å². The third kappa shape index (κ3) is 6.94. The van der Waals surface area contributed by atoms with E-state index in [2.05, 4.69) is 24.1 Å². The average Bonchev–Trinajstić information content (AvgIpc) is 2.51. The first-order valence-electron chi connectivity index (χ1n) is 7.34. The van der Waals surface area contributed by atoms with Crippen LogP contribution < -0.4 is 5.32 Å². The highest BCUT2D eigenvalue weighted by atomic mass is 16.5. The highest BCUT2D eigenvalue weighted by Crippen LogP contribution is 2.07. The van der Waals surface area contributed by atoms with Crippen LogP contribution in [0.15, 0.2) is 24.3 Å². The molecule has 0 fully saturated rings. The van der Waals surface area contributed by atoms with E-state index in [9.17, 15) is 4.79 Å². The second-order valence-corrected chi connectivity index (χ2v) is 4.54. The largest absolute Gasteiger partial charge is 0.395 e. The molecule has 0 aliphatic carbocycles. The summed E-state index contributed by atoms with van der Waals surface area (Å²) >= 11 is 0. The van der Waals surface area contributed by atoms with Crippen molar-refractivity contribution in [1.29, 1.82) is 0 Å². The van der Waals surface area contributed by atoms with Crippen LogP contribution >= 0.6 is 0 Å². The molecule has 0 radical (unpaired) electrons. The van der Waals surface area contributed by atoms with E-state index in [-0.39, 0.29) is 12.5 Å². The second kappa shape index (κ2) is 10.9. The van der Waals surface area contributed by atoms with Crippen molar-refractivity contribution in [3.63, 3.8) is 0 Å². The molecule has 0 spiro atoms. The number of hydrogen-bond donors (Lipinski definition) is 2. The van der Waals surface area contributed by atoms with Crippen LogP contribution in [0.2, 0.25) is 0 Å². The second-order valence-electron chi connectivity index (χ2n) is 4.54. The summed E-state index contributed by atoms with van der Waals surface area (Å²) in [5.41, 5.74) is 1.25. The molecule has 0 aliphatic rings.